The molecule has 0 aromatic heterocycles. The zero-order valence-electron chi connectivity index (χ0n) is 11.5. The van der Waals surface area contributed by atoms with Gasteiger partial charge in [-0.3, -0.25) is 4.79 Å². The molecule has 1 aromatic carbocycles. The van der Waals surface area contributed by atoms with Gasteiger partial charge in [-0.15, -0.1) is 0 Å². The van der Waals surface area contributed by atoms with Crippen LogP contribution in [-0.4, -0.2) is 31.6 Å². The number of nitrogens with one attached hydrogen (secondary N) is 2. The summed E-state index contributed by atoms with van der Waals surface area (Å²) < 4.78 is 18.1. The van der Waals surface area contributed by atoms with E-state index < -0.39 is 0 Å². The molecule has 1 unspecified atom stereocenters. The largest absolute Gasteiger partial charge is 0.494 e. The molecule has 0 bridgehead atoms. The standard InChI is InChI=1S/C15H21FN2O2/c16-12-5-7-14(8-6-12)20-10-2-4-15(19)18-11-13-3-1-9-17-13/h5-8,13,17H,1-4,9-11H2,(H,18,19). The van der Waals surface area contributed by atoms with Crippen molar-refractivity contribution in [3.8, 4) is 5.75 Å². The number of ether oxygens (including phenoxy) is 1. The van der Waals surface area contributed by atoms with Gasteiger partial charge in [0.15, 0.2) is 0 Å². The quantitative estimate of drug-likeness (QED) is 0.750. The summed E-state index contributed by atoms with van der Waals surface area (Å²) in [6.45, 7) is 2.21. The summed E-state index contributed by atoms with van der Waals surface area (Å²) in [5.41, 5.74) is 0. The summed E-state index contributed by atoms with van der Waals surface area (Å²) in [7, 11) is 0. The van der Waals surface area contributed by atoms with Gasteiger partial charge < -0.3 is 15.4 Å². The number of benzene rings is 1. The molecule has 1 fully saturated rings. The second-order valence-corrected chi connectivity index (χ2v) is 5.00. The van der Waals surface area contributed by atoms with Gasteiger partial charge in [0.1, 0.15) is 11.6 Å². The van der Waals surface area contributed by atoms with E-state index in [1.807, 2.05) is 0 Å². The Labute approximate surface area is 118 Å². The highest BCUT2D eigenvalue weighted by Gasteiger charge is 2.14. The maximum absolute atomic E-state index is 12.7. The molecule has 2 rings (SSSR count). The molecule has 1 amide bonds. The Kier molecular flexibility index (Phi) is 5.80. The Bertz CT molecular complexity index is 416. The number of rotatable bonds is 7. The second kappa shape index (κ2) is 7.85. The minimum Gasteiger partial charge on any atom is -0.494 e. The van der Waals surface area contributed by atoms with Gasteiger partial charge in [-0.05, 0) is 50.1 Å². The number of carbonyl (C=O) groups excluding carboxylic acids is 1. The molecule has 1 saturated heterocycles. The van der Waals surface area contributed by atoms with E-state index in [4.69, 9.17) is 4.74 Å². The average Bonchev–Trinajstić information content (AvgIpc) is 2.96. The van der Waals surface area contributed by atoms with Crippen LogP contribution in [0.15, 0.2) is 24.3 Å². The Morgan fingerprint density at radius 2 is 2.20 bits per heavy atom. The Balaban J connectivity index is 1.53. The molecule has 0 spiro atoms. The fourth-order valence-corrected chi connectivity index (χ4v) is 2.21. The first-order chi connectivity index (χ1) is 9.74. The van der Waals surface area contributed by atoms with Crippen LogP contribution in [0.3, 0.4) is 0 Å². The van der Waals surface area contributed by atoms with Crippen LogP contribution in [0.5, 0.6) is 5.75 Å². The van der Waals surface area contributed by atoms with Gasteiger partial charge in [0, 0.05) is 19.0 Å². The molecule has 20 heavy (non-hydrogen) atoms. The molecule has 1 aromatic rings. The van der Waals surface area contributed by atoms with E-state index in [2.05, 4.69) is 10.6 Å². The number of carbonyl (C=O) groups is 1. The molecule has 4 nitrogen and oxygen atoms in total. The van der Waals surface area contributed by atoms with E-state index in [-0.39, 0.29) is 11.7 Å². The third-order valence-corrected chi connectivity index (χ3v) is 3.34. The Morgan fingerprint density at radius 3 is 2.90 bits per heavy atom. The number of halogens is 1. The Morgan fingerprint density at radius 1 is 1.40 bits per heavy atom. The molecule has 1 aliphatic rings. The zero-order chi connectivity index (χ0) is 14.2. The lowest BCUT2D eigenvalue weighted by molar-refractivity contribution is -0.121. The monoisotopic (exact) mass is 280 g/mol. The predicted molar refractivity (Wildman–Crippen MR) is 75.2 cm³/mol. The first kappa shape index (κ1) is 14.8. The summed E-state index contributed by atoms with van der Waals surface area (Å²) in [6.07, 6.45) is 3.43. The van der Waals surface area contributed by atoms with Crippen LogP contribution in [0.25, 0.3) is 0 Å². The van der Waals surface area contributed by atoms with Crippen molar-refractivity contribution in [2.45, 2.75) is 31.7 Å². The van der Waals surface area contributed by atoms with Crippen LogP contribution < -0.4 is 15.4 Å². The highest BCUT2D eigenvalue weighted by atomic mass is 19.1. The summed E-state index contributed by atoms with van der Waals surface area (Å²) in [5, 5.41) is 6.26. The van der Waals surface area contributed by atoms with Crippen molar-refractivity contribution in [2.75, 3.05) is 19.7 Å². The molecular weight excluding hydrogens is 259 g/mol. The smallest absolute Gasteiger partial charge is 0.220 e. The van der Waals surface area contributed by atoms with Crippen molar-refractivity contribution in [1.29, 1.82) is 0 Å². The van der Waals surface area contributed by atoms with E-state index >= 15 is 0 Å². The maximum Gasteiger partial charge on any atom is 0.220 e. The molecule has 1 heterocycles. The summed E-state index contributed by atoms with van der Waals surface area (Å²) in [6, 6.07) is 6.31. The molecule has 110 valence electrons. The van der Waals surface area contributed by atoms with E-state index in [0.717, 1.165) is 13.0 Å². The average molecular weight is 280 g/mol. The first-order valence-corrected chi connectivity index (χ1v) is 7.12. The van der Waals surface area contributed by atoms with Gasteiger partial charge >= 0.3 is 0 Å². The van der Waals surface area contributed by atoms with Crippen LogP contribution in [0.1, 0.15) is 25.7 Å². The summed E-state index contributed by atoms with van der Waals surface area (Å²) in [4.78, 5) is 11.6. The molecule has 5 heteroatoms. The van der Waals surface area contributed by atoms with E-state index in [1.54, 1.807) is 12.1 Å². The molecule has 1 aliphatic heterocycles. The first-order valence-electron chi connectivity index (χ1n) is 7.12. The van der Waals surface area contributed by atoms with Crippen LogP contribution in [0.4, 0.5) is 4.39 Å². The lowest BCUT2D eigenvalue weighted by atomic mass is 10.2. The van der Waals surface area contributed by atoms with Crippen LogP contribution in [0.2, 0.25) is 0 Å². The van der Waals surface area contributed by atoms with Gasteiger partial charge in [0.2, 0.25) is 5.91 Å². The SMILES string of the molecule is O=C(CCCOc1ccc(F)cc1)NCC1CCCN1. The van der Waals surface area contributed by atoms with Crippen molar-refractivity contribution in [3.05, 3.63) is 30.1 Å². The van der Waals surface area contributed by atoms with Gasteiger partial charge in [0.05, 0.1) is 6.61 Å². The summed E-state index contributed by atoms with van der Waals surface area (Å²) in [5.74, 6) is 0.403. The summed E-state index contributed by atoms with van der Waals surface area (Å²) >= 11 is 0. The van der Waals surface area contributed by atoms with Crippen LogP contribution in [-0.2, 0) is 4.79 Å². The highest BCUT2D eigenvalue weighted by Crippen LogP contribution is 2.11. The molecule has 0 aliphatic carbocycles. The number of hydrogen-bond acceptors (Lipinski definition) is 3. The van der Waals surface area contributed by atoms with Crippen molar-refractivity contribution in [1.82, 2.24) is 10.6 Å². The lowest BCUT2D eigenvalue weighted by Crippen LogP contribution is -2.37. The van der Waals surface area contributed by atoms with Crippen molar-refractivity contribution in [3.63, 3.8) is 0 Å². The van der Waals surface area contributed by atoms with Gasteiger partial charge in [-0.25, -0.2) is 4.39 Å². The van der Waals surface area contributed by atoms with E-state index in [0.29, 0.717) is 37.8 Å². The number of hydrogen-bond donors (Lipinski definition) is 2. The zero-order valence-corrected chi connectivity index (χ0v) is 11.5. The third-order valence-electron chi connectivity index (χ3n) is 3.34. The van der Waals surface area contributed by atoms with Crippen molar-refractivity contribution >= 4 is 5.91 Å². The minimum absolute atomic E-state index is 0.0569. The molecule has 1 atom stereocenters. The molecule has 0 radical (unpaired) electrons. The van der Waals surface area contributed by atoms with Crippen molar-refractivity contribution in [2.24, 2.45) is 0 Å². The number of amides is 1. The van der Waals surface area contributed by atoms with E-state index in [1.165, 1.54) is 18.6 Å². The van der Waals surface area contributed by atoms with Crippen LogP contribution >= 0.6 is 0 Å². The molecule has 2 N–H and O–H groups in total. The van der Waals surface area contributed by atoms with E-state index in [9.17, 15) is 9.18 Å². The van der Waals surface area contributed by atoms with Crippen molar-refractivity contribution < 1.29 is 13.9 Å². The predicted octanol–water partition coefficient (Wildman–Crippen LogP) is 1.85. The normalized spacial score (nSPS) is 17.9. The maximum atomic E-state index is 12.7. The van der Waals surface area contributed by atoms with Gasteiger partial charge in [-0.1, -0.05) is 0 Å². The van der Waals surface area contributed by atoms with Gasteiger partial charge in [0.25, 0.3) is 0 Å². The molecule has 0 saturated carbocycles. The highest BCUT2D eigenvalue weighted by molar-refractivity contribution is 5.75. The molecular formula is C15H21FN2O2. The topological polar surface area (TPSA) is 50.4 Å². The second-order valence-electron chi connectivity index (χ2n) is 5.00. The van der Waals surface area contributed by atoms with Gasteiger partial charge in [-0.2, -0.15) is 0 Å². The van der Waals surface area contributed by atoms with Crippen LogP contribution in [0, 0.1) is 5.82 Å². The minimum atomic E-state index is -0.280. The fraction of sp³-hybridized carbons (Fsp3) is 0.533. The third kappa shape index (κ3) is 5.17. The Hall–Kier alpha value is -1.62. The lowest BCUT2D eigenvalue weighted by Gasteiger charge is -2.11. The fourth-order valence-electron chi connectivity index (χ4n) is 2.21.